The summed E-state index contributed by atoms with van der Waals surface area (Å²) in [4.78, 5) is 12.8. The second-order valence-corrected chi connectivity index (χ2v) is 12.4. The van der Waals surface area contributed by atoms with E-state index in [9.17, 15) is 0 Å². The summed E-state index contributed by atoms with van der Waals surface area (Å²) >= 11 is 6.37. The number of anilines is 1. The highest BCUT2D eigenvalue weighted by Gasteiger charge is 2.53. The molecule has 1 aliphatic carbocycles. The van der Waals surface area contributed by atoms with Crippen molar-refractivity contribution < 1.29 is 18.6 Å². The smallest absolute Gasteiger partial charge is 0.223 e. The van der Waals surface area contributed by atoms with Crippen molar-refractivity contribution in [1.29, 1.82) is 0 Å². The van der Waals surface area contributed by atoms with E-state index in [1.54, 1.807) is 11.7 Å². The number of nitrogens with two attached hydrogens (primary N) is 1. The molecular formula is C39H35ClFN5O3. The molecule has 0 aliphatic heterocycles. The molecule has 2 heterocycles. The first-order valence-electron chi connectivity index (χ1n) is 15.9. The number of aromatic nitrogens is 4. The molecule has 1 unspecified atom stereocenters. The van der Waals surface area contributed by atoms with Crippen LogP contribution in [0, 0.1) is 5.92 Å². The zero-order chi connectivity index (χ0) is 34.0. The number of hydrogen-bond donors (Lipinski definition) is 1. The van der Waals surface area contributed by atoms with E-state index in [2.05, 4.69) is 21.5 Å². The fraction of sp³-hybridized carbons (Fsp3) is 0.205. The quantitative estimate of drug-likeness (QED) is 0.0853. The lowest BCUT2D eigenvalue weighted by atomic mass is 9.79. The molecule has 248 valence electrons. The van der Waals surface area contributed by atoms with Crippen LogP contribution in [0.5, 0.6) is 5.75 Å². The van der Waals surface area contributed by atoms with Crippen LogP contribution in [-0.4, -0.2) is 45.5 Å². The number of nitrogen functional groups attached to an aromatic ring is 1. The highest BCUT2D eigenvalue weighted by atomic mass is 35.5. The minimum atomic E-state index is -1.60. The third kappa shape index (κ3) is 6.05. The number of nitrogens with zero attached hydrogens (tertiary/aromatic N) is 4. The van der Waals surface area contributed by atoms with E-state index < -0.39 is 29.8 Å². The molecule has 0 radical (unpaired) electrons. The fourth-order valence-corrected chi connectivity index (χ4v) is 7.00. The van der Waals surface area contributed by atoms with Crippen LogP contribution in [0.25, 0.3) is 11.2 Å². The Hall–Kier alpha value is -5.09. The molecule has 7 rings (SSSR count). The Labute approximate surface area is 289 Å². The van der Waals surface area contributed by atoms with Gasteiger partial charge in [0.25, 0.3) is 0 Å². The molecule has 6 aromatic rings. The van der Waals surface area contributed by atoms with Crippen molar-refractivity contribution >= 4 is 28.7 Å². The lowest BCUT2D eigenvalue weighted by Crippen LogP contribution is -2.42. The van der Waals surface area contributed by atoms with Gasteiger partial charge in [0.2, 0.25) is 5.95 Å². The van der Waals surface area contributed by atoms with Gasteiger partial charge in [-0.2, -0.15) is 9.97 Å². The number of fused-ring (bicyclic) bond motifs is 1. The summed E-state index contributed by atoms with van der Waals surface area (Å²) in [6, 6.07) is 36.3. The van der Waals surface area contributed by atoms with Crippen molar-refractivity contribution in [1.82, 2.24) is 19.5 Å². The third-order valence-electron chi connectivity index (χ3n) is 9.14. The number of alkyl halides is 1. The first kappa shape index (κ1) is 32.5. The molecule has 49 heavy (non-hydrogen) atoms. The van der Waals surface area contributed by atoms with Gasteiger partial charge in [-0.15, -0.1) is 0 Å². The predicted octanol–water partition coefficient (Wildman–Crippen LogP) is 7.73. The van der Waals surface area contributed by atoms with E-state index in [0.29, 0.717) is 29.1 Å². The van der Waals surface area contributed by atoms with Crippen LogP contribution >= 0.6 is 11.6 Å². The Bertz CT molecular complexity index is 2010. The van der Waals surface area contributed by atoms with Gasteiger partial charge < -0.3 is 24.5 Å². The molecule has 2 aromatic heterocycles. The molecular weight excluding hydrogens is 641 g/mol. The summed E-state index contributed by atoms with van der Waals surface area (Å²) in [6.45, 7) is 4.94. The summed E-state index contributed by atoms with van der Waals surface area (Å²) in [5.74, 6) is 0.0805. The van der Waals surface area contributed by atoms with E-state index in [-0.39, 0.29) is 17.7 Å². The molecule has 0 amide bonds. The number of rotatable bonds is 11. The Balaban J connectivity index is 1.37. The van der Waals surface area contributed by atoms with Crippen LogP contribution in [0.1, 0.15) is 28.3 Å². The molecule has 0 bridgehead atoms. The molecule has 0 saturated heterocycles. The number of hydrogen-bond acceptors (Lipinski definition) is 7. The van der Waals surface area contributed by atoms with Gasteiger partial charge in [0.15, 0.2) is 17.0 Å². The Morgan fingerprint density at radius 3 is 2.06 bits per heavy atom. The normalized spacial score (nSPS) is 19.4. The van der Waals surface area contributed by atoms with Crippen LogP contribution in [0.3, 0.4) is 0 Å². The number of ether oxygens (including phenoxy) is 3. The minimum absolute atomic E-state index is 0.0412. The molecule has 1 saturated carbocycles. The number of imidazole rings is 1. The summed E-state index contributed by atoms with van der Waals surface area (Å²) in [5, 5.41) is 0.0856. The van der Waals surface area contributed by atoms with Crippen LogP contribution in [0.2, 0.25) is 5.15 Å². The maximum atomic E-state index is 17.6. The molecule has 4 aromatic carbocycles. The van der Waals surface area contributed by atoms with Crippen LogP contribution < -0.4 is 10.5 Å². The molecule has 10 heteroatoms. The minimum Gasteiger partial charge on any atom is -0.497 e. The lowest BCUT2D eigenvalue weighted by Gasteiger charge is -2.40. The lowest BCUT2D eigenvalue weighted by molar-refractivity contribution is -0.102. The van der Waals surface area contributed by atoms with Crippen molar-refractivity contribution in [2.24, 2.45) is 5.92 Å². The largest absolute Gasteiger partial charge is 0.497 e. The van der Waals surface area contributed by atoms with Gasteiger partial charge in [0.05, 0.1) is 32.7 Å². The van der Waals surface area contributed by atoms with Crippen LogP contribution in [-0.2, 0) is 21.7 Å². The fourth-order valence-electron chi connectivity index (χ4n) is 6.78. The van der Waals surface area contributed by atoms with Crippen molar-refractivity contribution in [2.45, 2.75) is 30.5 Å². The Morgan fingerprint density at radius 2 is 1.45 bits per heavy atom. The standard InChI is InChI=1S/C39H35ClFN5O3/c1-25-31(23-48-22-26-12-6-3-7-13-26)35(32(41)34(25)46-24-43-33-36(40)44-38(42)45-37(33)46)49-39(27-14-8-4-9-15-27,28-16-10-5-11-17-28)29-18-20-30(47-2)21-19-29/h3-21,24,31-32,34-35H,1,22-23H2,2H3,(H2,42,44,45)/t31-,32?,34+,35+/m0/s1. The maximum absolute atomic E-state index is 17.6. The number of methoxy groups -OCH3 is 1. The van der Waals surface area contributed by atoms with Crippen molar-refractivity contribution in [2.75, 3.05) is 19.5 Å². The van der Waals surface area contributed by atoms with Crippen molar-refractivity contribution in [3.63, 3.8) is 0 Å². The highest BCUT2D eigenvalue weighted by Crippen LogP contribution is 2.50. The second-order valence-electron chi connectivity index (χ2n) is 12.0. The zero-order valence-electron chi connectivity index (χ0n) is 26.8. The third-order valence-corrected chi connectivity index (χ3v) is 9.41. The molecule has 0 spiro atoms. The van der Waals surface area contributed by atoms with E-state index in [1.807, 2.05) is 115 Å². The predicted molar refractivity (Wildman–Crippen MR) is 188 cm³/mol. The number of benzene rings is 4. The molecule has 2 N–H and O–H groups in total. The molecule has 1 fully saturated rings. The van der Waals surface area contributed by atoms with Gasteiger partial charge in [0.1, 0.15) is 23.0 Å². The van der Waals surface area contributed by atoms with Gasteiger partial charge in [-0.05, 0) is 40.0 Å². The Morgan fingerprint density at radius 1 is 0.857 bits per heavy atom. The van der Waals surface area contributed by atoms with Crippen LogP contribution in [0.4, 0.5) is 10.3 Å². The first-order valence-corrected chi connectivity index (χ1v) is 16.3. The van der Waals surface area contributed by atoms with E-state index >= 15 is 4.39 Å². The Kier molecular flexibility index (Phi) is 9.14. The second kappa shape index (κ2) is 13.8. The van der Waals surface area contributed by atoms with E-state index in [0.717, 1.165) is 22.3 Å². The molecule has 8 nitrogen and oxygen atoms in total. The van der Waals surface area contributed by atoms with E-state index in [4.69, 9.17) is 31.5 Å². The number of halogens is 2. The average Bonchev–Trinajstić information content (AvgIpc) is 3.65. The van der Waals surface area contributed by atoms with Crippen molar-refractivity contribution in [3.8, 4) is 5.75 Å². The highest BCUT2D eigenvalue weighted by molar-refractivity contribution is 6.33. The topological polar surface area (TPSA) is 97.3 Å². The summed E-state index contributed by atoms with van der Waals surface area (Å²) in [7, 11) is 1.62. The monoisotopic (exact) mass is 675 g/mol. The van der Waals surface area contributed by atoms with Crippen molar-refractivity contribution in [3.05, 3.63) is 161 Å². The average molecular weight is 676 g/mol. The van der Waals surface area contributed by atoms with E-state index in [1.165, 1.54) is 6.33 Å². The zero-order valence-corrected chi connectivity index (χ0v) is 27.6. The van der Waals surface area contributed by atoms with Gasteiger partial charge in [0, 0.05) is 5.92 Å². The molecule has 1 aliphatic rings. The summed E-state index contributed by atoms with van der Waals surface area (Å²) in [5.41, 5.74) is 9.41. The van der Waals surface area contributed by atoms with Gasteiger partial charge in [-0.3, -0.25) is 0 Å². The van der Waals surface area contributed by atoms with Gasteiger partial charge in [-0.1, -0.05) is 121 Å². The van der Waals surface area contributed by atoms with Gasteiger partial charge >= 0.3 is 0 Å². The summed E-state index contributed by atoms with van der Waals surface area (Å²) < 4.78 is 38.3. The van der Waals surface area contributed by atoms with Crippen LogP contribution in [0.15, 0.2) is 134 Å². The summed E-state index contributed by atoms with van der Waals surface area (Å²) in [6.07, 6.45) is -1.12. The maximum Gasteiger partial charge on any atom is 0.223 e. The van der Waals surface area contributed by atoms with Gasteiger partial charge in [-0.25, -0.2) is 9.37 Å². The molecule has 4 atom stereocenters. The first-order chi connectivity index (χ1) is 23.9. The SMILES string of the molecule is C=C1[C@@H](n2cnc3c(Cl)nc(N)nc32)C(F)[C@H](OC(c2ccccc2)(c2ccccc2)c2ccc(OC)cc2)[C@H]1COCc1ccccc1.